The first-order chi connectivity index (χ1) is 10.8. The number of para-hydroxylation sites is 1. The van der Waals surface area contributed by atoms with Crippen LogP contribution in [0.3, 0.4) is 0 Å². The Labute approximate surface area is 125 Å². The molecule has 4 aromatic rings. The molecule has 0 aliphatic heterocycles. The Morgan fingerprint density at radius 1 is 0.909 bits per heavy atom. The van der Waals surface area contributed by atoms with Crippen molar-refractivity contribution in [3.63, 3.8) is 0 Å². The summed E-state index contributed by atoms with van der Waals surface area (Å²) in [5, 5.41) is 16.3. The highest BCUT2D eigenvalue weighted by Crippen LogP contribution is 2.25. The fraction of sp³-hybridized carbons (Fsp3) is 0.0667. The Morgan fingerprint density at radius 2 is 1.73 bits per heavy atom. The quantitative estimate of drug-likeness (QED) is 0.577. The van der Waals surface area contributed by atoms with Gasteiger partial charge in [0.2, 0.25) is 0 Å². The molecule has 0 aliphatic carbocycles. The van der Waals surface area contributed by atoms with Crippen molar-refractivity contribution in [2.24, 2.45) is 0 Å². The summed E-state index contributed by atoms with van der Waals surface area (Å²) in [4.78, 5) is 0. The summed E-state index contributed by atoms with van der Waals surface area (Å²) in [6.45, 7) is 1.90. The molecule has 22 heavy (non-hydrogen) atoms. The van der Waals surface area contributed by atoms with Crippen molar-refractivity contribution in [1.82, 2.24) is 25.2 Å². The third kappa shape index (κ3) is 1.99. The summed E-state index contributed by atoms with van der Waals surface area (Å²) in [6, 6.07) is 13.3. The summed E-state index contributed by atoms with van der Waals surface area (Å²) in [7, 11) is 0. The average Bonchev–Trinajstić information content (AvgIpc) is 3.28. The van der Waals surface area contributed by atoms with Gasteiger partial charge < -0.3 is 8.83 Å². The third-order valence-electron chi connectivity index (χ3n) is 3.25. The van der Waals surface area contributed by atoms with Crippen molar-refractivity contribution >= 4 is 0 Å². The topological polar surface area (TPSA) is 82.8 Å². The molecule has 0 N–H and O–H groups in total. The van der Waals surface area contributed by atoms with Gasteiger partial charge in [-0.3, -0.25) is 0 Å². The Kier molecular flexibility index (Phi) is 2.82. The standard InChI is InChI=1S/C15H11N5O2/c1-10-13(16-19-20(10)11-6-3-2-4-7-11)15-18-17-14(22-15)12-8-5-9-21-12/h2-9H,1H3. The van der Waals surface area contributed by atoms with Crippen molar-refractivity contribution in [1.29, 1.82) is 0 Å². The number of aromatic nitrogens is 5. The van der Waals surface area contributed by atoms with Crippen LogP contribution < -0.4 is 0 Å². The van der Waals surface area contributed by atoms with E-state index >= 15 is 0 Å². The number of nitrogens with zero attached hydrogens (tertiary/aromatic N) is 5. The Hall–Kier alpha value is -3.22. The number of hydrogen-bond acceptors (Lipinski definition) is 6. The van der Waals surface area contributed by atoms with E-state index in [1.807, 2.05) is 37.3 Å². The predicted molar refractivity (Wildman–Crippen MR) is 77.1 cm³/mol. The van der Waals surface area contributed by atoms with E-state index in [2.05, 4.69) is 20.5 Å². The van der Waals surface area contributed by atoms with E-state index in [9.17, 15) is 0 Å². The van der Waals surface area contributed by atoms with Crippen LogP contribution in [0.5, 0.6) is 0 Å². The van der Waals surface area contributed by atoms with Gasteiger partial charge in [-0.15, -0.1) is 15.3 Å². The summed E-state index contributed by atoms with van der Waals surface area (Å²) >= 11 is 0. The van der Waals surface area contributed by atoms with Crippen LogP contribution in [-0.4, -0.2) is 25.2 Å². The van der Waals surface area contributed by atoms with Crippen molar-refractivity contribution in [3.8, 4) is 28.9 Å². The second kappa shape index (κ2) is 4.96. The van der Waals surface area contributed by atoms with E-state index in [-0.39, 0.29) is 0 Å². The van der Waals surface area contributed by atoms with Gasteiger partial charge in [-0.05, 0) is 31.2 Å². The van der Waals surface area contributed by atoms with Crippen LogP contribution in [0.2, 0.25) is 0 Å². The summed E-state index contributed by atoms with van der Waals surface area (Å²) in [5.74, 6) is 1.14. The van der Waals surface area contributed by atoms with Crippen molar-refractivity contribution in [2.45, 2.75) is 6.92 Å². The van der Waals surface area contributed by atoms with Crippen LogP contribution >= 0.6 is 0 Å². The van der Waals surface area contributed by atoms with E-state index in [1.54, 1.807) is 23.1 Å². The molecule has 1 aromatic carbocycles. The molecular weight excluding hydrogens is 282 g/mol. The second-order valence-electron chi connectivity index (χ2n) is 4.66. The molecule has 3 aromatic heterocycles. The van der Waals surface area contributed by atoms with E-state index in [0.717, 1.165) is 11.4 Å². The predicted octanol–water partition coefficient (Wildman–Crippen LogP) is 2.89. The van der Waals surface area contributed by atoms with Gasteiger partial charge in [-0.2, -0.15) is 0 Å². The van der Waals surface area contributed by atoms with Crippen LogP contribution in [0, 0.1) is 6.92 Å². The Balaban J connectivity index is 1.74. The Morgan fingerprint density at radius 3 is 2.50 bits per heavy atom. The molecule has 0 fully saturated rings. The zero-order chi connectivity index (χ0) is 14.9. The van der Waals surface area contributed by atoms with E-state index in [1.165, 1.54) is 0 Å². The lowest BCUT2D eigenvalue weighted by Crippen LogP contribution is -1.98. The molecule has 0 bridgehead atoms. The average molecular weight is 293 g/mol. The monoisotopic (exact) mass is 293 g/mol. The molecule has 0 saturated heterocycles. The highest BCUT2D eigenvalue weighted by Gasteiger charge is 2.19. The number of furan rings is 1. The second-order valence-corrected chi connectivity index (χ2v) is 4.66. The first-order valence-electron chi connectivity index (χ1n) is 6.68. The number of benzene rings is 1. The first kappa shape index (κ1) is 12.5. The summed E-state index contributed by atoms with van der Waals surface area (Å²) < 4.78 is 12.6. The minimum atomic E-state index is 0.311. The van der Waals surface area contributed by atoms with Gasteiger partial charge in [0.05, 0.1) is 17.6 Å². The molecule has 0 atom stereocenters. The van der Waals surface area contributed by atoms with Gasteiger partial charge >= 0.3 is 0 Å². The smallest absolute Gasteiger partial charge is 0.283 e. The molecule has 3 heterocycles. The molecule has 0 unspecified atom stereocenters. The van der Waals surface area contributed by atoms with Crippen LogP contribution in [0.25, 0.3) is 28.9 Å². The van der Waals surface area contributed by atoms with Gasteiger partial charge in [0.1, 0.15) is 0 Å². The van der Waals surface area contributed by atoms with Gasteiger partial charge in [0, 0.05) is 0 Å². The molecule has 108 valence electrons. The zero-order valence-electron chi connectivity index (χ0n) is 11.7. The van der Waals surface area contributed by atoms with Crippen LogP contribution in [0.4, 0.5) is 0 Å². The van der Waals surface area contributed by atoms with Crippen LogP contribution in [0.15, 0.2) is 57.6 Å². The fourth-order valence-corrected chi connectivity index (χ4v) is 2.16. The van der Waals surface area contributed by atoms with Crippen LogP contribution in [-0.2, 0) is 0 Å². The van der Waals surface area contributed by atoms with E-state index < -0.39 is 0 Å². The molecule has 7 nitrogen and oxygen atoms in total. The number of rotatable bonds is 3. The van der Waals surface area contributed by atoms with E-state index in [0.29, 0.717) is 23.2 Å². The van der Waals surface area contributed by atoms with Crippen molar-refractivity contribution in [2.75, 3.05) is 0 Å². The third-order valence-corrected chi connectivity index (χ3v) is 3.25. The molecule has 0 radical (unpaired) electrons. The van der Waals surface area contributed by atoms with Gasteiger partial charge in [0.25, 0.3) is 11.8 Å². The lowest BCUT2D eigenvalue weighted by Gasteiger charge is -2.01. The van der Waals surface area contributed by atoms with Gasteiger partial charge in [-0.25, -0.2) is 4.68 Å². The molecule has 0 aliphatic rings. The highest BCUT2D eigenvalue weighted by atomic mass is 16.4. The molecule has 0 spiro atoms. The summed E-state index contributed by atoms with van der Waals surface area (Å²) in [6.07, 6.45) is 1.55. The Bertz CT molecular complexity index is 893. The summed E-state index contributed by atoms with van der Waals surface area (Å²) in [5.41, 5.74) is 2.29. The lowest BCUT2D eigenvalue weighted by molar-refractivity contribution is 0.522. The van der Waals surface area contributed by atoms with Crippen LogP contribution in [0.1, 0.15) is 5.69 Å². The molecule has 0 saturated carbocycles. The maximum Gasteiger partial charge on any atom is 0.283 e. The number of hydrogen-bond donors (Lipinski definition) is 0. The van der Waals surface area contributed by atoms with Crippen molar-refractivity contribution < 1.29 is 8.83 Å². The van der Waals surface area contributed by atoms with E-state index in [4.69, 9.17) is 8.83 Å². The largest absolute Gasteiger partial charge is 0.459 e. The van der Waals surface area contributed by atoms with Gasteiger partial charge in [0.15, 0.2) is 11.5 Å². The maximum atomic E-state index is 5.61. The molecule has 0 amide bonds. The minimum absolute atomic E-state index is 0.311. The highest BCUT2D eigenvalue weighted by molar-refractivity contribution is 5.54. The van der Waals surface area contributed by atoms with Gasteiger partial charge in [-0.1, -0.05) is 23.4 Å². The first-order valence-corrected chi connectivity index (χ1v) is 6.68. The normalized spacial score (nSPS) is 11.0. The molecule has 4 rings (SSSR count). The fourth-order valence-electron chi connectivity index (χ4n) is 2.16. The lowest BCUT2D eigenvalue weighted by atomic mass is 10.3. The molecular formula is C15H11N5O2. The maximum absolute atomic E-state index is 5.61. The molecule has 7 heteroatoms. The minimum Gasteiger partial charge on any atom is -0.459 e. The zero-order valence-corrected chi connectivity index (χ0v) is 11.7. The van der Waals surface area contributed by atoms with Crippen molar-refractivity contribution in [3.05, 3.63) is 54.4 Å². The SMILES string of the molecule is Cc1c(-c2nnc(-c3ccco3)o2)nnn1-c1ccccc1.